The standard InChI is InChI=1S/C19H26O6/c1-4-5-14-6-7-17(18(22)8-14)19-10-15(24-13(3)21)9-16(25-19)11-23-12(2)20/h6-8,15-16,19,22H,4-5,9-11H2,1-3H3/t15-,16-,19+/m0/s1. The molecular formula is C19H26O6. The molecule has 25 heavy (non-hydrogen) atoms. The van der Waals surface area contributed by atoms with Crippen molar-refractivity contribution in [3.05, 3.63) is 29.3 Å². The van der Waals surface area contributed by atoms with Gasteiger partial charge in [-0.2, -0.15) is 0 Å². The van der Waals surface area contributed by atoms with Gasteiger partial charge in [0.05, 0.1) is 12.2 Å². The second-order valence-electron chi connectivity index (χ2n) is 6.40. The van der Waals surface area contributed by atoms with Crippen LogP contribution in [0.2, 0.25) is 0 Å². The Labute approximate surface area is 148 Å². The Morgan fingerprint density at radius 3 is 2.60 bits per heavy atom. The molecule has 0 aromatic heterocycles. The molecule has 1 saturated heterocycles. The first-order valence-electron chi connectivity index (χ1n) is 8.66. The largest absolute Gasteiger partial charge is 0.508 e. The summed E-state index contributed by atoms with van der Waals surface area (Å²) in [7, 11) is 0. The van der Waals surface area contributed by atoms with E-state index in [0.717, 1.165) is 18.4 Å². The number of carbonyl (C=O) groups is 2. The van der Waals surface area contributed by atoms with Crippen molar-refractivity contribution in [2.75, 3.05) is 6.61 Å². The zero-order valence-corrected chi connectivity index (χ0v) is 15.0. The zero-order chi connectivity index (χ0) is 18.4. The van der Waals surface area contributed by atoms with Crippen LogP contribution in [0.4, 0.5) is 0 Å². The molecule has 6 heteroatoms. The minimum absolute atomic E-state index is 0.0955. The van der Waals surface area contributed by atoms with Gasteiger partial charge in [0.2, 0.25) is 0 Å². The first kappa shape index (κ1) is 19.2. The topological polar surface area (TPSA) is 82.1 Å². The molecule has 0 aliphatic carbocycles. The molecule has 0 amide bonds. The van der Waals surface area contributed by atoms with Gasteiger partial charge in [0.1, 0.15) is 18.5 Å². The molecule has 2 rings (SSSR count). The first-order valence-corrected chi connectivity index (χ1v) is 8.66. The van der Waals surface area contributed by atoms with Gasteiger partial charge in [-0.1, -0.05) is 25.5 Å². The van der Waals surface area contributed by atoms with Crippen LogP contribution in [0, 0.1) is 0 Å². The van der Waals surface area contributed by atoms with E-state index in [1.165, 1.54) is 13.8 Å². The summed E-state index contributed by atoms with van der Waals surface area (Å²) in [5.41, 5.74) is 1.72. The maximum Gasteiger partial charge on any atom is 0.302 e. The molecule has 3 atom stereocenters. The van der Waals surface area contributed by atoms with Crippen LogP contribution >= 0.6 is 0 Å². The summed E-state index contributed by atoms with van der Waals surface area (Å²) in [6.07, 6.45) is 1.65. The predicted molar refractivity (Wildman–Crippen MR) is 91.1 cm³/mol. The fourth-order valence-electron chi connectivity index (χ4n) is 3.13. The number of carbonyl (C=O) groups excluding carboxylic acids is 2. The molecule has 0 radical (unpaired) electrons. The summed E-state index contributed by atoms with van der Waals surface area (Å²) in [6, 6.07) is 5.57. The molecule has 1 aromatic carbocycles. The number of phenols is 1. The zero-order valence-electron chi connectivity index (χ0n) is 15.0. The summed E-state index contributed by atoms with van der Waals surface area (Å²) in [5.74, 6) is -0.577. The number of aryl methyl sites for hydroxylation is 1. The van der Waals surface area contributed by atoms with Crippen molar-refractivity contribution in [1.82, 2.24) is 0 Å². The highest BCUT2D eigenvalue weighted by molar-refractivity contribution is 5.66. The number of phenolic OH excluding ortho intramolecular Hbond substituents is 1. The van der Waals surface area contributed by atoms with Crippen molar-refractivity contribution in [1.29, 1.82) is 0 Å². The molecule has 0 spiro atoms. The molecule has 0 unspecified atom stereocenters. The average molecular weight is 350 g/mol. The van der Waals surface area contributed by atoms with E-state index in [1.54, 1.807) is 6.07 Å². The number of aromatic hydroxyl groups is 1. The maximum absolute atomic E-state index is 11.3. The van der Waals surface area contributed by atoms with Crippen LogP contribution in [-0.2, 0) is 30.2 Å². The van der Waals surface area contributed by atoms with Crippen LogP contribution in [0.15, 0.2) is 18.2 Å². The number of rotatable bonds is 6. The molecule has 138 valence electrons. The molecule has 1 aliphatic rings. The number of ether oxygens (including phenoxy) is 3. The highest BCUT2D eigenvalue weighted by Gasteiger charge is 2.34. The van der Waals surface area contributed by atoms with Gasteiger partial charge in [-0.25, -0.2) is 0 Å². The van der Waals surface area contributed by atoms with E-state index in [4.69, 9.17) is 14.2 Å². The lowest BCUT2D eigenvalue weighted by Crippen LogP contribution is -2.36. The van der Waals surface area contributed by atoms with Crippen LogP contribution in [0.25, 0.3) is 0 Å². The lowest BCUT2D eigenvalue weighted by molar-refractivity contribution is -0.169. The number of hydrogen-bond acceptors (Lipinski definition) is 6. The maximum atomic E-state index is 11.3. The van der Waals surface area contributed by atoms with E-state index in [-0.39, 0.29) is 36.5 Å². The summed E-state index contributed by atoms with van der Waals surface area (Å²) in [4.78, 5) is 22.4. The van der Waals surface area contributed by atoms with Gasteiger partial charge < -0.3 is 19.3 Å². The van der Waals surface area contributed by atoms with Crippen LogP contribution in [0.3, 0.4) is 0 Å². The minimum Gasteiger partial charge on any atom is -0.508 e. The van der Waals surface area contributed by atoms with Crippen molar-refractivity contribution in [3.63, 3.8) is 0 Å². The van der Waals surface area contributed by atoms with E-state index in [1.807, 2.05) is 12.1 Å². The fraction of sp³-hybridized carbons (Fsp3) is 0.579. The lowest BCUT2D eigenvalue weighted by Gasteiger charge is -2.35. The number of hydrogen-bond donors (Lipinski definition) is 1. The SMILES string of the molecule is CCCc1ccc([C@H]2C[C@@H](OC(C)=O)C[C@@H](COC(C)=O)O2)c(O)c1. The van der Waals surface area contributed by atoms with Crippen molar-refractivity contribution < 1.29 is 28.9 Å². The molecule has 0 saturated carbocycles. The van der Waals surface area contributed by atoms with Crippen molar-refractivity contribution >= 4 is 11.9 Å². The summed E-state index contributed by atoms with van der Waals surface area (Å²) in [5, 5.41) is 10.4. The van der Waals surface area contributed by atoms with Gasteiger partial charge >= 0.3 is 11.9 Å². The van der Waals surface area contributed by atoms with Crippen LogP contribution in [-0.4, -0.2) is 35.9 Å². The van der Waals surface area contributed by atoms with Gasteiger partial charge in [-0.05, 0) is 18.1 Å². The Morgan fingerprint density at radius 2 is 2.00 bits per heavy atom. The monoisotopic (exact) mass is 350 g/mol. The van der Waals surface area contributed by atoms with E-state index >= 15 is 0 Å². The molecule has 1 aromatic rings. The molecule has 1 heterocycles. The van der Waals surface area contributed by atoms with Crippen molar-refractivity contribution in [2.45, 2.75) is 64.8 Å². The van der Waals surface area contributed by atoms with Crippen LogP contribution < -0.4 is 0 Å². The molecule has 1 aliphatic heterocycles. The summed E-state index contributed by atoms with van der Waals surface area (Å²) < 4.78 is 16.4. The van der Waals surface area contributed by atoms with Crippen LogP contribution in [0.5, 0.6) is 5.75 Å². The smallest absolute Gasteiger partial charge is 0.302 e. The molecule has 6 nitrogen and oxygen atoms in total. The Balaban J connectivity index is 2.16. The van der Waals surface area contributed by atoms with E-state index in [9.17, 15) is 14.7 Å². The second kappa shape index (κ2) is 8.85. The summed E-state index contributed by atoms with van der Waals surface area (Å²) in [6.45, 7) is 4.88. The molecule has 1 fully saturated rings. The Bertz CT molecular complexity index is 612. The summed E-state index contributed by atoms with van der Waals surface area (Å²) >= 11 is 0. The van der Waals surface area contributed by atoms with Gasteiger partial charge in [0.25, 0.3) is 0 Å². The highest BCUT2D eigenvalue weighted by Crippen LogP contribution is 2.37. The third-order valence-electron chi connectivity index (χ3n) is 4.14. The Kier molecular flexibility index (Phi) is 6.82. The van der Waals surface area contributed by atoms with Crippen molar-refractivity contribution in [2.24, 2.45) is 0 Å². The van der Waals surface area contributed by atoms with E-state index in [0.29, 0.717) is 18.4 Å². The van der Waals surface area contributed by atoms with Gasteiger partial charge in [0, 0.05) is 32.3 Å². The van der Waals surface area contributed by atoms with Crippen LogP contribution in [0.1, 0.15) is 57.3 Å². The third-order valence-corrected chi connectivity index (χ3v) is 4.14. The molecular weight excluding hydrogens is 324 g/mol. The fourth-order valence-corrected chi connectivity index (χ4v) is 3.13. The average Bonchev–Trinajstić information content (AvgIpc) is 2.52. The molecule has 1 N–H and O–H groups in total. The number of benzene rings is 1. The van der Waals surface area contributed by atoms with Gasteiger partial charge in [-0.3, -0.25) is 9.59 Å². The van der Waals surface area contributed by atoms with Crippen molar-refractivity contribution in [3.8, 4) is 5.75 Å². The van der Waals surface area contributed by atoms with E-state index < -0.39 is 6.10 Å². The molecule has 0 bridgehead atoms. The number of esters is 2. The lowest BCUT2D eigenvalue weighted by atomic mass is 9.94. The van der Waals surface area contributed by atoms with E-state index in [2.05, 4.69) is 6.92 Å². The minimum atomic E-state index is -0.422. The highest BCUT2D eigenvalue weighted by atomic mass is 16.6. The first-order chi connectivity index (χ1) is 11.9. The Morgan fingerprint density at radius 1 is 1.24 bits per heavy atom. The second-order valence-corrected chi connectivity index (χ2v) is 6.40. The quantitative estimate of drug-likeness (QED) is 0.794. The predicted octanol–water partition coefficient (Wildman–Crippen LogP) is 3.06. The van der Waals surface area contributed by atoms with Gasteiger partial charge in [0.15, 0.2) is 0 Å². The Hall–Kier alpha value is -2.08. The normalized spacial score (nSPS) is 23.1. The third kappa shape index (κ3) is 5.74. The van der Waals surface area contributed by atoms with Gasteiger partial charge in [-0.15, -0.1) is 0 Å².